The van der Waals surface area contributed by atoms with E-state index in [2.05, 4.69) is 15.5 Å². The van der Waals surface area contributed by atoms with Gasteiger partial charge in [0.15, 0.2) is 0 Å². The van der Waals surface area contributed by atoms with Crippen LogP contribution in [0.5, 0.6) is 0 Å². The lowest BCUT2D eigenvalue weighted by Gasteiger charge is -2.27. The van der Waals surface area contributed by atoms with Gasteiger partial charge in [-0.05, 0) is 12.8 Å². The fraction of sp³-hybridized carbons (Fsp3) is 0.867. The van der Waals surface area contributed by atoms with Gasteiger partial charge < -0.3 is 19.3 Å². The minimum Gasteiger partial charge on any atom is -0.375 e. The van der Waals surface area contributed by atoms with E-state index in [-0.39, 0.29) is 11.7 Å². The molecule has 6 heteroatoms. The van der Waals surface area contributed by atoms with E-state index in [4.69, 9.17) is 14.0 Å². The average molecular weight is 295 g/mol. The Bertz CT molecular complexity index is 435. The van der Waals surface area contributed by atoms with Crippen molar-refractivity contribution >= 4 is 0 Å². The normalized spacial score (nSPS) is 26.4. The quantitative estimate of drug-likeness (QED) is 0.854. The standard InChI is InChI=1S/C15H25N3O3/c1-19-15(6-4-2-3-5-7-15)14-17-13(21-18-14)10-12-11-16-8-9-20-12/h12,16H,2-11H2,1H3. The molecule has 1 unspecified atom stereocenters. The van der Waals surface area contributed by atoms with E-state index in [0.29, 0.717) is 18.1 Å². The van der Waals surface area contributed by atoms with Crippen LogP contribution < -0.4 is 5.32 Å². The Balaban J connectivity index is 1.69. The molecular weight excluding hydrogens is 270 g/mol. The molecule has 0 spiro atoms. The number of aromatic nitrogens is 2. The fourth-order valence-corrected chi connectivity index (χ4v) is 3.29. The van der Waals surface area contributed by atoms with Gasteiger partial charge >= 0.3 is 0 Å². The summed E-state index contributed by atoms with van der Waals surface area (Å²) in [5, 5.41) is 7.52. The Morgan fingerprint density at radius 2 is 2.10 bits per heavy atom. The number of rotatable bonds is 4. The van der Waals surface area contributed by atoms with Gasteiger partial charge in [-0.25, -0.2) is 0 Å². The summed E-state index contributed by atoms with van der Waals surface area (Å²) in [6.45, 7) is 2.50. The summed E-state index contributed by atoms with van der Waals surface area (Å²) in [7, 11) is 1.76. The van der Waals surface area contributed by atoms with Crippen molar-refractivity contribution in [2.24, 2.45) is 0 Å². The first-order valence-corrected chi connectivity index (χ1v) is 8.03. The maximum Gasteiger partial charge on any atom is 0.229 e. The lowest BCUT2D eigenvalue weighted by atomic mass is 9.93. The third-order valence-corrected chi connectivity index (χ3v) is 4.58. The van der Waals surface area contributed by atoms with Crippen LogP contribution in [0.3, 0.4) is 0 Å². The first-order valence-electron chi connectivity index (χ1n) is 8.03. The van der Waals surface area contributed by atoms with Crippen molar-refractivity contribution in [1.82, 2.24) is 15.5 Å². The molecule has 118 valence electrons. The van der Waals surface area contributed by atoms with Gasteiger partial charge in [-0.1, -0.05) is 30.8 Å². The second kappa shape index (κ2) is 6.85. The lowest BCUT2D eigenvalue weighted by Crippen LogP contribution is -2.39. The Morgan fingerprint density at radius 3 is 2.76 bits per heavy atom. The Kier molecular flexibility index (Phi) is 4.87. The summed E-state index contributed by atoms with van der Waals surface area (Å²) >= 11 is 0. The zero-order chi connectivity index (χ0) is 14.5. The SMILES string of the molecule is COC1(c2noc(CC3CNCCO3)n2)CCCCCC1. The average Bonchev–Trinajstić information content (AvgIpc) is 2.85. The van der Waals surface area contributed by atoms with Gasteiger partial charge in [-0.3, -0.25) is 0 Å². The van der Waals surface area contributed by atoms with Crippen molar-refractivity contribution in [3.63, 3.8) is 0 Å². The second-order valence-corrected chi connectivity index (χ2v) is 6.03. The molecule has 1 N–H and O–H groups in total. The van der Waals surface area contributed by atoms with Crippen molar-refractivity contribution in [3.05, 3.63) is 11.7 Å². The summed E-state index contributed by atoms with van der Waals surface area (Å²) < 4.78 is 16.9. The predicted octanol–water partition coefficient (Wildman–Crippen LogP) is 1.80. The van der Waals surface area contributed by atoms with Crippen LogP contribution in [0.15, 0.2) is 4.52 Å². The van der Waals surface area contributed by atoms with Crippen molar-refractivity contribution in [1.29, 1.82) is 0 Å². The van der Waals surface area contributed by atoms with Crippen LogP contribution in [0.25, 0.3) is 0 Å². The number of ether oxygens (including phenoxy) is 2. The monoisotopic (exact) mass is 295 g/mol. The van der Waals surface area contributed by atoms with Crippen LogP contribution in [0.1, 0.15) is 50.2 Å². The molecule has 1 saturated carbocycles. The molecule has 2 fully saturated rings. The number of nitrogens with one attached hydrogen (secondary N) is 1. The molecule has 21 heavy (non-hydrogen) atoms. The summed E-state index contributed by atoms with van der Waals surface area (Å²) in [5.74, 6) is 1.37. The van der Waals surface area contributed by atoms with Crippen LogP contribution in [0.2, 0.25) is 0 Å². The van der Waals surface area contributed by atoms with Gasteiger partial charge in [-0.15, -0.1) is 0 Å². The number of hydrogen-bond acceptors (Lipinski definition) is 6. The summed E-state index contributed by atoms with van der Waals surface area (Å²) in [4.78, 5) is 4.60. The van der Waals surface area contributed by atoms with Crippen LogP contribution >= 0.6 is 0 Å². The third-order valence-electron chi connectivity index (χ3n) is 4.58. The highest BCUT2D eigenvalue weighted by Gasteiger charge is 2.37. The Morgan fingerprint density at radius 1 is 1.29 bits per heavy atom. The number of methoxy groups -OCH3 is 1. The minimum absolute atomic E-state index is 0.125. The zero-order valence-electron chi connectivity index (χ0n) is 12.8. The van der Waals surface area contributed by atoms with E-state index in [9.17, 15) is 0 Å². The first kappa shape index (κ1) is 14.9. The maximum atomic E-state index is 5.82. The molecule has 0 radical (unpaired) electrons. The van der Waals surface area contributed by atoms with Gasteiger partial charge in [-0.2, -0.15) is 4.98 Å². The molecule has 0 bridgehead atoms. The largest absolute Gasteiger partial charge is 0.375 e. The molecule has 1 saturated heterocycles. The number of hydrogen-bond donors (Lipinski definition) is 1. The van der Waals surface area contributed by atoms with Gasteiger partial charge in [0.2, 0.25) is 11.7 Å². The molecule has 1 aliphatic carbocycles. The number of morpholine rings is 1. The summed E-state index contributed by atoms with van der Waals surface area (Å²) in [5.41, 5.74) is -0.357. The Labute approximate surface area is 125 Å². The van der Waals surface area contributed by atoms with Gasteiger partial charge in [0.05, 0.1) is 19.1 Å². The lowest BCUT2D eigenvalue weighted by molar-refractivity contribution is -0.0365. The van der Waals surface area contributed by atoms with Crippen molar-refractivity contribution in [3.8, 4) is 0 Å². The van der Waals surface area contributed by atoms with Crippen LogP contribution in [-0.2, 0) is 21.5 Å². The van der Waals surface area contributed by atoms with Crippen LogP contribution in [0.4, 0.5) is 0 Å². The van der Waals surface area contributed by atoms with Crippen LogP contribution in [-0.4, -0.2) is 43.1 Å². The molecule has 1 aliphatic heterocycles. The molecule has 1 aromatic heterocycles. The molecule has 2 heterocycles. The second-order valence-electron chi connectivity index (χ2n) is 6.03. The Hall–Kier alpha value is -0.980. The van der Waals surface area contributed by atoms with Crippen LogP contribution in [0, 0.1) is 0 Å². The molecule has 2 aliphatic rings. The highest BCUT2D eigenvalue weighted by atomic mass is 16.5. The van der Waals surface area contributed by atoms with Crippen molar-refractivity contribution in [2.75, 3.05) is 26.8 Å². The summed E-state index contributed by atoms with van der Waals surface area (Å²) in [6, 6.07) is 0. The maximum absolute atomic E-state index is 5.82. The topological polar surface area (TPSA) is 69.4 Å². The fourth-order valence-electron chi connectivity index (χ4n) is 3.29. The molecule has 1 aromatic rings. The third kappa shape index (κ3) is 3.44. The van der Waals surface area contributed by atoms with E-state index in [1.807, 2.05) is 0 Å². The molecule has 0 amide bonds. The molecular formula is C15H25N3O3. The number of nitrogens with zero attached hydrogens (tertiary/aromatic N) is 2. The minimum atomic E-state index is -0.357. The summed E-state index contributed by atoms with van der Waals surface area (Å²) in [6.07, 6.45) is 7.59. The van der Waals surface area contributed by atoms with Crippen molar-refractivity contribution < 1.29 is 14.0 Å². The van der Waals surface area contributed by atoms with E-state index >= 15 is 0 Å². The van der Waals surface area contributed by atoms with Gasteiger partial charge in [0, 0.05) is 20.2 Å². The molecule has 1 atom stereocenters. The van der Waals surface area contributed by atoms with Gasteiger partial charge in [0.1, 0.15) is 5.60 Å². The first-order chi connectivity index (χ1) is 10.3. The predicted molar refractivity (Wildman–Crippen MR) is 77.0 cm³/mol. The smallest absolute Gasteiger partial charge is 0.229 e. The molecule has 6 nitrogen and oxygen atoms in total. The highest BCUT2D eigenvalue weighted by molar-refractivity contribution is 5.03. The van der Waals surface area contributed by atoms with Gasteiger partial charge in [0.25, 0.3) is 0 Å². The molecule has 3 rings (SSSR count). The molecule has 0 aromatic carbocycles. The van der Waals surface area contributed by atoms with Crippen molar-refractivity contribution in [2.45, 2.75) is 56.7 Å². The van der Waals surface area contributed by atoms with E-state index < -0.39 is 0 Å². The highest BCUT2D eigenvalue weighted by Crippen LogP contribution is 2.37. The van der Waals surface area contributed by atoms with E-state index in [1.54, 1.807) is 7.11 Å². The zero-order valence-corrected chi connectivity index (χ0v) is 12.8. The van der Waals surface area contributed by atoms with E-state index in [0.717, 1.165) is 45.4 Å². The van der Waals surface area contributed by atoms with E-state index in [1.165, 1.54) is 12.8 Å².